The van der Waals surface area contributed by atoms with Crippen LogP contribution in [0.15, 0.2) is 36.4 Å². The van der Waals surface area contributed by atoms with E-state index in [9.17, 15) is 34.5 Å². The van der Waals surface area contributed by atoms with Gasteiger partial charge >= 0.3 is 17.9 Å². The van der Waals surface area contributed by atoms with Crippen molar-refractivity contribution >= 4 is 23.8 Å². The lowest BCUT2D eigenvalue weighted by molar-refractivity contribution is -0.138. The fourth-order valence-electron chi connectivity index (χ4n) is 3.92. The van der Waals surface area contributed by atoms with E-state index in [-0.39, 0.29) is 45.1 Å². The third kappa shape index (κ3) is 6.23. The van der Waals surface area contributed by atoms with Gasteiger partial charge < -0.3 is 40.0 Å². The zero-order valence-corrected chi connectivity index (χ0v) is 22.2. The number of phenolic OH excluding ortho intramolecular Hbond substituents is 3. The maximum absolute atomic E-state index is 12.9. The first kappa shape index (κ1) is 29.3. The summed E-state index contributed by atoms with van der Waals surface area (Å²) >= 11 is 0. The highest BCUT2D eigenvalue weighted by Crippen LogP contribution is 2.33. The van der Waals surface area contributed by atoms with Gasteiger partial charge in [-0.2, -0.15) is 0 Å². The summed E-state index contributed by atoms with van der Waals surface area (Å²) in [7, 11) is 1.41. The normalized spacial score (nSPS) is 11.3. The van der Waals surface area contributed by atoms with E-state index in [4.69, 9.17) is 19.3 Å². The van der Waals surface area contributed by atoms with Gasteiger partial charge in [0.2, 0.25) is 0 Å². The van der Waals surface area contributed by atoms with E-state index in [1.807, 2.05) is 0 Å². The number of rotatable bonds is 8. The summed E-state index contributed by atoms with van der Waals surface area (Å²) in [5.74, 6) is -5.40. The highest BCUT2D eigenvalue weighted by Gasteiger charge is 2.24. The van der Waals surface area contributed by atoms with Gasteiger partial charge in [0.15, 0.2) is 0 Å². The van der Waals surface area contributed by atoms with Crippen molar-refractivity contribution in [3.8, 4) is 34.5 Å². The lowest BCUT2D eigenvalue weighted by atomic mass is 10.1. The molecule has 3 aromatic rings. The Morgan fingerprint density at radius 2 is 1.05 bits per heavy atom. The third-order valence-electron chi connectivity index (χ3n) is 5.87. The summed E-state index contributed by atoms with van der Waals surface area (Å²) in [6.45, 7) is 5.75. The van der Waals surface area contributed by atoms with Crippen LogP contribution in [0, 0.1) is 20.8 Å². The minimum Gasteiger partial charge on any atom is -0.507 e. The molecule has 0 saturated carbocycles. The topological polar surface area (TPSA) is 189 Å². The van der Waals surface area contributed by atoms with Crippen LogP contribution >= 0.6 is 0 Å². The Morgan fingerprint density at radius 1 is 0.675 bits per heavy atom. The molecule has 210 valence electrons. The number of aromatic hydroxyl groups is 3. The Balaban J connectivity index is 1.81. The number of nitrogens with one attached hydrogen (secondary N) is 1. The van der Waals surface area contributed by atoms with Crippen LogP contribution in [-0.4, -0.2) is 57.4 Å². The zero-order chi connectivity index (χ0) is 29.9. The average Bonchev–Trinajstić information content (AvgIpc) is 2.82. The highest BCUT2D eigenvalue weighted by atomic mass is 16.5. The van der Waals surface area contributed by atoms with Crippen molar-refractivity contribution in [3.05, 3.63) is 69.8 Å². The van der Waals surface area contributed by atoms with Gasteiger partial charge in [0.05, 0.1) is 12.7 Å². The minimum absolute atomic E-state index is 0.105. The second-order valence-electron chi connectivity index (χ2n) is 8.92. The second-order valence-corrected chi connectivity index (χ2v) is 8.92. The number of methoxy groups -OCH3 is 1. The van der Waals surface area contributed by atoms with Gasteiger partial charge in [0.1, 0.15) is 51.7 Å². The Bertz CT molecular complexity index is 1460. The molecule has 0 saturated heterocycles. The number of ether oxygens (including phenoxy) is 3. The summed E-state index contributed by atoms with van der Waals surface area (Å²) in [5.41, 5.74) is 0.211. The van der Waals surface area contributed by atoms with Crippen molar-refractivity contribution in [2.24, 2.45) is 0 Å². The molecule has 0 radical (unpaired) electrons. The lowest BCUT2D eigenvalue weighted by Gasteiger charge is -2.15. The molecule has 1 amide bonds. The summed E-state index contributed by atoms with van der Waals surface area (Å²) in [4.78, 5) is 48.9. The van der Waals surface area contributed by atoms with Gasteiger partial charge in [-0.25, -0.2) is 9.59 Å². The monoisotopic (exact) mass is 553 g/mol. The molecule has 3 aromatic carbocycles. The number of benzene rings is 3. The van der Waals surface area contributed by atoms with E-state index < -0.39 is 41.4 Å². The fraction of sp³-hybridized carbons (Fsp3) is 0.214. The summed E-state index contributed by atoms with van der Waals surface area (Å²) in [5, 5.41) is 42.3. The van der Waals surface area contributed by atoms with E-state index >= 15 is 0 Å². The molecule has 0 aliphatic carbocycles. The molecule has 3 rings (SSSR count). The number of carboxylic acid groups (broad SMARTS) is 1. The third-order valence-corrected chi connectivity index (χ3v) is 5.87. The molecule has 0 spiro atoms. The van der Waals surface area contributed by atoms with Crippen molar-refractivity contribution < 1.29 is 53.8 Å². The SMILES string of the molecule is COc1cc(C)c(C(=O)Oc2cc(C)c(C(=O)Oc3cc(C)c(C(=O)N[C@H](C)C(=O)O)c(O)c3)c(O)c2)c(O)c1. The largest absolute Gasteiger partial charge is 0.507 e. The van der Waals surface area contributed by atoms with Gasteiger partial charge in [0, 0.05) is 18.2 Å². The number of aryl methyl sites for hydroxylation is 3. The van der Waals surface area contributed by atoms with E-state index in [0.29, 0.717) is 11.3 Å². The van der Waals surface area contributed by atoms with E-state index in [1.54, 1.807) is 6.92 Å². The number of hydrogen-bond donors (Lipinski definition) is 5. The van der Waals surface area contributed by atoms with Gasteiger partial charge in [-0.15, -0.1) is 0 Å². The minimum atomic E-state index is -1.26. The van der Waals surface area contributed by atoms with Crippen LogP contribution in [-0.2, 0) is 4.79 Å². The molecular formula is C28H27NO11. The van der Waals surface area contributed by atoms with Gasteiger partial charge in [-0.1, -0.05) is 0 Å². The number of carboxylic acids is 1. The van der Waals surface area contributed by atoms with Crippen LogP contribution in [0.5, 0.6) is 34.5 Å². The average molecular weight is 554 g/mol. The van der Waals surface area contributed by atoms with Crippen LogP contribution in [0.2, 0.25) is 0 Å². The molecule has 0 aromatic heterocycles. The van der Waals surface area contributed by atoms with Crippen LogP contribution in [0.1, 0.15) is 54.7 Å². The number of amides is 1. The predicted molar refractivity (Wildman–Crippen MR) is 140 cm³/mol. The molecule has 1 atom stereocenters. The quantitative estimate of drug-likeness (QED) is 0.203. The Hall–Kier alpha value is -5.26. The van der Waals surface area contributed by atoms with E-state index in [2.05, 4.69) is 5.32 Å². The van der Waals surface area contributed by atoms with Crippen molar-refractivity contribution in [1.82, 2.24) is 5.32 Å². The molecule has 40 heavy (non-hydrogen) atoms. The first-order chi connectivity index (χ1) is 18.7. The van der Waals surface area contributed by atoms with Crippen LogP contribution in [0.4, 0.5) is 0 Å². The summed E-state index contributed by atoms with van der Waals surface area (Å²) in [6.07, 6.45) is 0. The predicted octanol–water partition coefficient (Wildman–Crippen LogP) is 3.38. The van der Waals surface area contributed by atoms with Crippen molar-refractivity contribution in [2.45, 2.75) is 33.7 Å². The summed E-state index contributed by atoms with van der Waals surface area (Å²) < 4.78 is 15.6. The van der Waals surface area contributed by atoms with Crippen molar-refractivity contribution in [1.29, 1.82) is 0 Å². The number of esters is 2. The molecule has 0 unspecified atom stereocenters. The first-order valence-corrected chi connectivity index (χ1v) is 11.8. The number of carbonyl (C=O) groups is 4. The van der Waals surface area contributed by atoms with Crippen LogP contribution in [0.25, 0.3) is 0 Å². The molecule has 0 bridgehead atoms. The smallest absolute Gasteiger partial charge is 0.347 e. The standard InChI is InChI=1S/C28H27NO11/c1-12-7-17(10-19(30)22(12)25(33)29-15(4)26(34)35)39-28(37)24-14(3)8-18(11-21(24)32)40-27(36)23-13(2)6-16(38-5)9-20(23)31/h6-11,15,30-32H,1-5H3,(H,29,33)(H,34,35)/t15-/m1/s1. The van der Waals surface area contributed by atoms with Gasteiger partial charge in [-0.3, -0.25) is 9.59 Å². The highest BCUT2D eigenvalue weighted by molar-refractivity contribution is 6.01. The molecule has 12 nitrogen and oxygen atoms in total. The number of hydrogen-bond acceptors (Lipinski definition) is 10. The maximum atomic E-state index is 12.9. The lowest BCUT2D eigenvalue weighted by Crippen LogP contribution is -2.38. The molecular weight excluding hydrogens is 526 g/mol. The number of aliphatic carboxylic acids is 1. The van der Waals surface area contributed by atoms with Crippen LogP contribution in [0.3, 0.4) is 0 Å². The first-order valence-electron chi connectivity index (χ1n) is 11.8. The molecule has 12 heteroatoms. The second kappa shape index (κ2) is 11.6. The Morgan fingerprint density at radius 3 is 1.43 bits per heavy atom. The zero-order valence-electron chi connectivity index (χ0n) is 22.2. The van der Waals surface area contributed by atoms with Crippen molar-refractivity contribution in [3.63, 3.8) is 0 Å². The number of carbonyl (C=O) groups excluding carboxylic acids is 3. The van der Waals surface area contributed by atoms with Gasteiger partial charge in [-0.05, 0) is 62.6 Å². The Kier molecular flexibility index (Phi) is 8.53. The molecule has 0 fully saturated rings. The van der Waals surface area contributed by atoms with Crippen molar-refractivity contribution in [2.75, 3.05) is 7.11 Å². The maximum Gasteiger partial charge on any atom is 0.347 e. The van der Waals surface area contributed by atoms with E-state index in [1.165, 1.54) is 52.1 Å². The molecule has 0 heterocycles. The molecule has 5 N–H and O–H groups in total. The molecule has 0 aliphatic heterocycles. The molecule has 0 aliphatic rings. The fourth-order valence-corrected chi connectivity index (χ4v) is 3.92. The van der Waals surface area contributed by atoms with E-state index in [0.717, 1.165) is 12.1 Å². The van der Waals surface area contributed by atoms with Crippen LogP contribution < -0.4 is 19.5 Å². The number of phenols is 3. The van der Waals surface area contributed by atoms with Gasteiger partial charge in [0.25, 0.3) is 5.91 Å². The summed E-state index contributed by atoms with van der Waals surface area (Å²) in [6, 6.07) is 6.19. The Labute approximate surface area is 228 Å².